The predicted octanol–water partition coefficient (Wildman–Crippen LogP) is 7.28. The fourth-order valence-electron chi connectivity index (χ4n) is 7.55. The molecule has 1 N–H and O–H groups in total. The Morgan fingerprint density at radius 2 is 1.67 bits per heavy atom. The van der Waals surface area contributed by atoms with E-state index in [0.717, 1.165) is 63.4 Å². The third-order valence-corrected chi connectivity index (χ3v) is 11.4. The molecule has 0 atom stereocenters. The van der Waals surface area contributed by atoms with Crippen LogP contribution in [-0.2, 0) is 34.8 Å². The van der Waals surface area contributed by atoms with E-state index in [0.29, 0.717) is 36.6 Å². The molecule has 1 saturated heterocycles. The highest BCUT2D eigenvalue weighted by atomic mass is 32.2. The summed E-state index contributed by atoms with van der Waals surface area (Å²) in [5.41, 5.74) is 6.06. The van der Waals surface area contributed by atoms with Crippen molar-refractivity contribution < 1.29 is 36.6 Å². The normalized spacial score (nSPS) is 16.1. The van der Waals surface area contributed by atoms with Gasteiger partial charge in [-0.05, 0) is 86.7 Å². The monoisotopic (exact) mass is 766 g/mol. The first kappa shape index (κ1) is 39.4. The standard InChI is InChI=1S/C43H47N3O8S/c1-6-44(7-2)31-20-22-33-37(27-31)53-36(29(3)42(33)30-15-10-8-11-16-30)17-14-18-38-43(4,5)34-28-32(55(50,51)52)21-23-35(34)45(38)26-13-9-12-19-41(49)54-46-39(47)24-25-40(46)48/h8,10-11,14-18,20-23,27-28H,6-7,9,12-13,19,24-26H2,1-5H3/p+1. The molecule has 288 valence electrons. The Morgan fingerprint density at radius 3 is 2.35 bits per heavy atom. The number of imide groups is 1. The molecular formula is C43H48N3O8S+. The van der Waals surface area contributed by atoms with E-state index in [1.54, 1.807) is 6.07 Å². The van der Waals surface area contributed by atoms with Crippen molar-refractivity contribution >= 4 is 39.7 Å². The van der Waals surface area contributed by atoms with Gasteiger partial charge in [-0.25, -0.2) is 9.37 Å². The molecule has 2 aromatic carbocycles. The van der Waals surface area contributed by atoms with E-state index < -0.39 is 33.3 Å². The summed E-state index contributed by atoms with van der Waals surface area (Å²) < 4.78 is 43.1. The van der Waals surface area contributed by atoms with Crippen LogP contribution >= 0.6 is 0 Å². The van der Waals surface area contributed by atoms with Gasteiger partial charge in [0.2, 0.25) is 5.36 Å². The van der Waals surface area contributed by atoms with Crippen LogP contribution in [0.25, 0.3) is 28.5 Å². The number of hydrogen-bond acceptors (Lipinski definition) is 8. The number of fused-ring (bicyclic) bond motifs is 2. The summed E-state index contributed by atoms with van der Waals surface area (Å²) in [5.74, 6) is -0.169. The lowest BCUT2D eigenvalue weighted by molar-refractivity contribution is -0.197. The average Bonchev–Trinajstić information content (AvgIpc) is 3.58. The van der Waals surface area contributed by atoms with Crippen molar-refractivity contribution in [2.75, 3.05) is 24.5 Å². The number of carbonyl (C=O) groups is 3. The summed E-state index contributed by atoms with van der Waals surface area (Å²) in [6.45, 7) is 12.7. The number of rotatable bonds is 13. The van der Waals surface area contributed by atoms with Gasteiger partial charge < -0.3 is 14.2 Å². The molecule has 4 aliphatic rings. The minimum atomic E-state index is -4.43. The number of carbonyl (C=O) groups excluding carboxylic acids is 3. The van der Waals surface area contributed by atoms with Crippen molar-refractivity contribution in [1.82, 2.24) is 9.64 Å². The molecule has 6 rings (SSSR count). The summed E-state index contributed by atoms with van der Waals surface area (Å²) in [5, 5.41) is 1.65. The van der Waals surface area contributed by atoms with Crippen LogP contribution in [0.15, 0.2) is 93.9 Å². The quantitative estimate of drug-likeness (QED) is 0.0644. The minimum absolute atomic E-state index is 0.0414. The molecule has 12 heteroatoms. The zero-order valence-electron chi connectivity index (χ0n) is 32.0. The zero-order chi connectivity index (χ0) is 39.5. The van der Waals surface area contributed by atoms with Gasteiger partial charge in [0.1, 0.15) is 24.6 Å². The number of anilines is 1. The third-order valence-electron chi connectivity index (χ3n) is 10.5. The Labute approximate surface area is 322 Å². The molecule has 0 unspecified atom stereocenters. The van der Waals surface area contributed by atoms with E-state index in [4.69, 9.17) is 9.25 Å². The lowest BCUT2D eigenvalue weighted by Crippen LogP contribution is -2.32. The van der Waals surface area contributed by atoms with Crippen LogP contribution in [0, 0.1) is 6.92 Å². The minimum Gasteiger partial charge on any atom is -0.456 e. The van der Waals surface area contributed by atoms with Gasteiger partial charge in [0.15, 0.2) is 0 Å². The lowest BCUT2D eigenvalue weighted by atomic mass is 9.83. The molecule has 0 radical (unpaired) electrons. The van der Waals surface area contributed by atoms with E-state index in [-0.39, 0.29) is 24.2 Å². The molecule has 3 aliphatic heterocycles. The Bertz CT molecular complexity index is 2320. The molecule has 55 heavy (non-hydrogen) atoms. The van der Waals surface area contributed by atoms with Gasteiger partial charge in [-0.2, -0.15) is 8.42 Å². The van der Waals surface area contributed by atoms with Gasteiger partial charge in [-0.15, -0.1) is 5.06 Å². The van der Waals surface area contributed by atoms with Gasteiger partial charge in [0.05, 0.1) is 11.0 Å². The molecule has 0 saturated carbocycles. The van der Waals surface area contributed by atoms with Crippen molar-refractivity contribution in [2.24, 2.45) is 0 Å². The molecule has 3 heterocycles. The summed E-state index contributed by atoms with van der Waals surface area (Å²) in [4.78, 5) is 43.0. The topological polar surface area (TPSA) is 137 Å². The second-order valence-corrected chi connectivity index (χ2v) is 15.8. The third kappa shape index (κ3) is 8.20. The fourth-order valence-corrected chi connectivity index (χ4v) is 8.05. The van der Waals surface area contributed by atoms with E-state index in [1.165, 1.54) is 12.1 Å². The lowest BCUT2D eigenvalue weighted by Gasteiger charge is -2.27. The number of unbranched alkanes of at least 4 members (excludes halogenated alkanes) is 2. The number of hydroxylamine groups is 2. The Hall–Kier alpha value is -5.33. The Kier molecular flexibility index (Phi) is 11.6. The average molecular weight is 767 g/mol. The first-order valence-electron chi connectivity index (χ1n) is 18.8. The SMILES string of the molecule is CC[N+](CC)=c1ccc2c(-c3ccccc3)c(C)c(/C=C/C=C3\N(CCCCCC(=O)ON4C(=O)CCC4=O)c4ccc(S(=O)(=O)O)cc4C3(C)C)oc-2c1. The molecule has 2 aromatic rings. The van der Waals surface area contributed by atoms with Crippen LogP contribution in [0.1, 0.15) is 83.1 Å². The summed E-state index contributed by atoms with van der Waals surface area (Å²) in [7, 11) is -4.43. The summed E-state index contributed by atoms with van der Waals surface area (Å²) in [6, 6.07) is 21.3. The number of benzene rings is 3. The first-order valence-corrected chi connectivity index (χ1v) is 20.2. The maximum absolute atomic E-state index is 12.4. The van der Waals surface area contributed by atoms with Gasteiger partial charge in [-0.1, -0.05) is 56.7 Å². The maximum Gasteiger partial charge on any atom is 0.333 e. The summed E-state index contributed by atoms with van der Waals surface area (Å²) in [6.07, 6.45) is 7.89. The molecule has 0 aromatic heterocycles. The summed E-state index contributed by atoms with van der Waals surface area (Å²) >= 11 is 0. The van der Waals surface area contributed by atoms with E-state index >= 15 is 0 Å². The highest BCUT2D eigenvalue weighted by molar-refractivity contribution is 7.85. The van der Waals surface area contributed by atoms with Gasteiger partial charge in [0, 0.05) is 59.8 Å². The smallest absolute Gasteiger partial charge is 0.333 e. The van der Waals surface area contributed by atoms with Gasteiger partial charge in [-0.3, -0.25) is 14.1 Å². The van der Waals surface area contributed by atoms with Crippen LogP contribution in [0.4, 0.5) is 5.69 Å². The van der Waals surface area contributed by atoms with E-state index in [2.05, 4.69) is 60.6 Å². The second-order valence-electron chi connectivity index (χ2n) is 14.4. The second kappa shape index (κ2) is 16.2. The zero-order valence-corrected chi connectivity index (χ0v) is 32.8. The van der Waals surface area contributed by atoms with Crippen LogP contribution in [0.3, 0.4) is 0 Å². The fraction of sp³-hybridized carbons (Fsp3) is 0.349. The van der Waals surface area contributed by atoms with Crippen molar-refractivity contribution in [3.8, 4) is 22.5 Å². The van der Waals surface area contributed by atoms with Crippen LogP contribution < -0.4 is 14.8 Å². The number of nitrogens with zero attached hydrogens (tertiary/aromatic N) is 3. The van der Waals surface area contributed by atoms with Crippen molar-refractivity contribution in [3.05, 3.63) is 107 Å². The van der Waals surface area contributed by atoms with Crippen LogP contribution in [0.2, 0.25) is 0 Å². The molecule has 1 aliphatic carbocycles. The van der Waals surface area contributed by atoms with Gasteiger partial charge in [0.25, 0.3) is 21.9 Å². The molecule has 2 amide bonds. The highest BCUT2D eigenvalue weighted by Crippen LogP contribution is 2.48. The van der Waals surface area contributed by atoms with E-state index in [1.807, 2.05) is 50.3 Å². The first-order chi connectivity index (χ1) is 26.2. The Morgan fingerprint density at radius 1 is 0.964 bits per heavy atom. The van der Waals surface area contributed by atoms with E-state index in [9.17, 15) is 27.4 Å². The molecule has 11 nitrogen and oxygen atoms in total. The van der Waals surface area contributed by atoms with Crippen molar-refractivity contribution in [3.63, 3.8) is 0 Å². The van der Waals surface area contributed by atoms with Crippen LogP contribution in [0.5, 0.6) is 0 Å². The maximum atomic E-state index is 12.4. The predicted molar refractivity (Wildman–Crippen MR) is 211 cm³/mol. The number of amides is 2. The largest absolute Gasteiger partial charge is 0.456 e. The molecule has 0 bridgehead atoms. The van der Waals surface area contributed by atoms with Crippen LogP contribution in [-0.4, -0.2) is 55.5 Å². The van der Waals surface area contributed by atoms with Gasteiger partial charge >= 0.3 is 5.97 Å². The molecule has 1 fully saturated rings. The number of hydrogen-bond donors (Lipinski definition) is 1. The van der Waals surface area contributed by atoms with Crippen molar-refractivity contribution in [2.45, 2.75) is 83.5 Å². The highest BCUT2D eigenvalue weighted by Gasteiger charge is 2.40. The Balaban J connectivity index is 1.31. The molecule has 0 spiro atoms. The van der Waals surface area contributed by atoms with Crippen molar-refractivity contribution in [1.29, 1.82) is 0 Å². The molecular weight excluding hydrogens is 719 g/mol. The number of allylic oxidation sites excluding steroid dienone is 3.